The maximum atomic E-state index is 3.82. The highest BCUT2D eigenvalue weighted by Gasteiger charge is 2.21. The zero-order chi connectivity index (χ0) is 14.3. The predicted octanol–water partition coefficient (Wildman–Crippen LogP) is 5.33. The topological polar surface area (TPSA) is 12.0 Å². The van der Waals surface area contributed by atoms with E-state index in [4.69, 9.17) is 0 Å². The van der Waals surface area contributed by atoms with Crippen molar-refractivity contribution in [1.29, 1.82) is 0 Å². The van der Waals surface area contributed by atoms with Gasteiger partial charge in [-0.1, -0.05) is 70.9 Å². The summed E-state index contributed by atoms with van der Waals surface area (Å²) in [5, 5.41) is 3.82. The molecule has 0 bridgehead atoms. The molecule has 1 nitrogen and oxygen atoms in total. The third kappa shape index (κ3) is 6.77. The van der Waals surface area contributed by atoms with Crippen molar-refractivity contribution in [2.75, 3.05) is 0 Å². The normalized spacial score (nSPS) is 15.2. The average Bonchev–Trinajstić information content (AvgIpc) is 2.35. The Bertz CT molecular complexity index is 336. The van der Waals surface area contributed by atoms with Crippen molar-refractivity contribution >= 4 is 0 Å². The van der Waals surface area contributed by atoms with Gasteiger partial charge >= 0.3 is 0 Å². The monoisotopic (exact) mass is 261 g/mol. The van der Waals surface area contributed by atoms with Crippen LogP contribution in [-0.4, -0.2) is 6.04 Å². The van der Waals surface area contributed by atoms with E-state index in [9.17, 15) is 0 Å². The number of rotatable bonds is 7. The molecule has 0 aliphatic heterocycles. The van der Waals surface area contributed by atoms with Gasteiger partial charge in [0.2, 0.25) is 0 Å². The molecule has 0 saturated carbocycles. The van der Waals surface area contributed by atoms with Gasteiger partial charge in [-0.2, -0.15) is 0 Å². The highest BCUT2D eigenvalue weighted by atomic mass is 14.9. The van der Waals surface area contributed by atoms with Crippen LogP contribution in [0.25, 0.3) is 0 Å². The molecule has 0 aromatic heterocycles. The molecule has 19 heavy (non-hydrogen) atoms. The van der Waals surface area contributed by atoms with Crippen LogP contribution in [-0.2, 0) is 0 Å². The molecule has 0 saturated heterocycles. The Hall–Kier alpha value is -0.820. The lowest BCUT2D eigenvalue weighted by molar-refractivity contribution is 0.291. The summed E-state index contributed by atoms with van der Waals surface area (Å²) in [5.74, 6) is 0. The molecule has 0 amide bonds. The number of hydrogen-bond acceptors (Lipinski definition) is 1. The van der Waals surface area contributed by atoms with Gasteiger partial charge in [-0.3, -0.25) is 0 Å². The molecular weight excluding hydrogens is 230 g/mol. The third-order valence-electron chi connectivity index (χ3n) is 3.49. The van der Waals surface area contributed by atoms with Gasteiger partial charge in [-0.25, -0.2) is 0 Å². The fourth-order valence-electron chi connectivity index (χ4n) is 2.51. The first-order valence-electron chi connectivity index (χ1n) is 7.73. The van der Waals surface area contributed by atoms with Gasteiger partial charge in [0.1, 0.15) is 0 Å². The molecule has 0 spiro atoms. The van der Waals surface area contributed by atoms with Crippen molar-refractivity contribution in [3.05, 3.63) is 35.9 Å². The lowest BCUT2D eigenvalue weighted by Crippen LogP contribution is -2.33. The van der Waals surface area contributed by atoms with Crippen LogP contribution in [0.2, 0.25) is 0 Å². The lowest BCUT2D eigenvalue weighted by Gasteiger charge is -2.30. The molecule has 1 rings (SSSR count). The number of benzene rings is 1. The summed E-state index contributed by atoms with van der Waals surface area (Å²) in [6, 6.07) is 11.9. The smallest absolute Gasteiger partial charge is 0.0327 e. The first-order chi connectivity index (χ1) is 8.92. The van der Waals surface area contributed by atoms with Gasteiger partial charge in [-0.05, 0) is 30.7 Å². The largest absolute Gasteiger partial charge is 0.307 e. The van der Waals surface area contributed by atoms with Crippen LogP contribution >= 0.6 is 0 Å². The van der Waals surface area contributed by atoms with Crippen molar-refractivity contribution in [2.24, 2.45) is 5.41 Å². The van der Waals surface area contributed by atoms with Crippen LogP contribution in [0.3, 0.4) is 0 Å². The Morgan fingerprint density at radius 2 is 1.74 bits per heavy atom. The Labute approximate surface area is 119 Å². The molecule has 0 heterocycles. The summed E-state index contributed by atoms with van der Waals surface area (Å²) in [4.78, 5) is 0. The van der Waals surface area contributed by atoms with Gasteiger partial charge < -0.3 is 5.32 Å². The average molecular weight is 261 g/mol. The second-order valence-electron chi connectivity index (χ2n) is 6.94. The van der Waals surface area contributed by atoms with Gasteiger partial charge in [-0.15, -0.1) is 0 Å². The summed E-state index contributed by atoms with van der Waals surface area (Å²) < 4.78 is 0. The summed E-state index contributed by atoms with van der Waals surface area (Å²) in [6.07, 6.45) is 5.03. The highest BCUT2D eigenvalue weighted by Crippen LogP contribution is 2.30. The van der Waals surface area contributed by atoms with Crippen LogP contribution in [0, 0.1) is 5.41 Å². The predicted molar refractivity (Wildman–Crippen MR) is 85.4 cm³/mol. The van der Waals surface area contributed by atoms with Crippen molar-refractivity contribution in [3.63, 3.8) is 0 Å². The second kappa shape index (κ2) is 7.69. The van der Waals surface area contributed by atoms with Gasteiger partial charge in [0, 0.05) is 12.1 Å². The van der Waals surface area contributed by atoms with Crippen molar-refractivity contribution < 1.29 is 0 Å². The molecule has 1 aromatic rings. The number of unbranched alkanes of at least 4 members (excludes halogenated alkanes) is 1. The molecule has 0 aliphatic rings. The van der Waals surface area contributed by atoms with Crippen molar-refractivity contribution in [3.8, 4) is 0 Å². The van der Waals surface area contributed by atoms with Gasteiger partial charge in [0.05, 0.1) is 0 Å². The van der Waals surface area contributed by atoms with Crippen molar-refractivity contribution in [2.45, 2.75) is 72.4 Å². The zero-order valence-corrected chi connectivity index (χ0v) is 13.4. The molecule has 2 unspecified atom stereocenters. The minimum Gasteiger partial charge on any atom is -0.307 e. The molecule has 2 atom stereocenters. The maximum Gasteiger partial charge on any atom is 0.0327 e. The first kappa shape index (κ1) is 16.2. The van der Waals surface area contributed by atoms with Gasteiger partial charge in [0.25, 0.3) is 0 Å². The number of hydrogen-bond donors (Lipinski definition) is 1. The van der Waals surface area contributed by atoms with Crippen molar-refractivity contribution in [1.82, 2.24) is 5.32 Å². The molecule has 0 radical (unpaired) electrons. The quantitative estimate of drug-likeness (QED) is 0.699. The van der Waals surface area contributed by atoms with E-state index in [0.29, 0.717) is 17.5 Å². The van der Waals surface area contributed by atoms with E-state index in [1.165, 1.54) is 31.2 Å². The highest BCUT2D eigenvalue weighted by molar-refractivity contribution is 5.19. The molecule has 1 heteroatoms. The molecular formula is C18H31N. The standard InChI is InChI=1S/C18H31N/c1-6-7-11-15(2)19-17(14-18(3,4)5)16-12-9-8-10-13-16/h8-10,12-13,15,17,19H,6-7,11,14H2,1-5H3. The Morgan fingerprint density at radius 1 is 1.11 bits per heavy atom. The van der Waals surface area contributed by atoms with Crippen LogP contribution in [0.5, 0.6) is 0 Å². The molecule has 0 aliphatic carbocycles. The summed E-state index contributed by atoms with van der Waals surface area (Å²) >= 11 is 0. The fraction of sp³-hybridized carbons (Fsp3) is 0.667. The first-order valence-corrected chi connectivity index (χ1v) is 7.73. The van der Waals surface area contributed by atoms with E-state index in [2.05, 4.69) is 70.3 Å². The maximum absolute atomic E-state index is 3.82. The summed E-state index contributed by atoms with van der Waals surface area (Å²) in [6.45, 7) is 11.5. The third-order valence-corrected chi connectivity index (χ3v) is 3.49. The van der Waals surface area contributed by atoms with E-state index in [1.807, 2.05) is 0 Å². The van der Waals surface area contributed by atoms with Crippen LogP contribution < -0.4 is 5.32 Å². The number of nitrogens with one attached hydrogen (secondary N) is 1. The van der Waals surface area contributed by atoms with E-state index >= 15 is 0 Å². The Morgan fingerprint density at radius 3 is 2.26 bits per heavy atom. The van der Waals surface area contributed by atoms with E-state index < -0.39 is 0 Å². The van der Waals surface area contributed by atoms with Crippen LogP contribution in [0.4, 0.5) is 0 Å². The van der Waals surface area contributed by atoms with E-state index in [-0.39, 0.29) is 0 Å². The van der Waals surface area contributed by atoms with Crippen LogP contribution in [0.15, 0.2) is 30.3 Å². The lowest BCUT2D eigenvalue weighted by atomic mass is 9.85. The summed E-state index contributed by atoms with van der Waals surface area (Å²) in [7, 11) is 0. The van der Waals surface area contributed by atoms with Crippen LogP contribution in [0.1, 0.15) is 71.9 Å². The second-order valence-corrected chi connectivity index (χ2v) is 6.94. The summed E-state index contributed by atoms with van der Waals surface area (Å²) in [5.41, 5.74) is 1.76. The Balaban J connectivity index is 2.70. The molecule has 1 N–H and O–H groups in total. The minimum atomic E-state index is 0.345. The fourth-order valence-corrected chi connectivity index (χ4v) is 2.51. The zero-order valence-electron chi connectivity index (χ0n) is 13.4. The SMILES string of the molecule is CCCCC(C)NC(CC(C)(C)C)c1ccccc1. The Kier molecular flexibility index (Phi) is 6.57. The van der Waals surface area contributed by atoms with E-state index in [0.717, 1.165) is 0 Å². The van der Waals surface area contributed by atoms with Gasteiger partial charge in [0.15, 0.2) is 0 Å². The molecule has 108 valence electrons. The minimum absolute atomic E-state index is 0.345. The van der Waals surface area contributed by atoms with E-state index in [1.54, 1.807) is 0 Å². The molecule has 1 aromatic carbocycles. The molecule has 0 fully saturated rings.